The number of amides is 1. The van der Waals surface area contributed by atoms with Crippen LogP contribution in [0.3, 0.4) is 0 Å². The number of nitrogens with zero attached hydrogens (tertiary/aromatic N) is 2. The molecule has 0 radical (unpaired) electrons. The maximum absolute atomic E-state index is 12.5. The van der Waals surface area contributed by atoms with Crippen LogP contribution in [0, 0.1) is 5.92 Å². The summed E-state index contributed by atoms with van der Waals surface area (Å²) in [5, 5.41) is 7.50. The Morgan fingerprint density at radius 1 is 1.00 bits per heavy atom. The number of benzene rings is 2. The van der Waals surface area contributed by atoms with Crippen molar-refractivity contribution in [2.75, 3.05) is 18.4 Å². The molecule has 2 aromatic carbocycles. The maximum Gasteiger partial charge on any atom is 0.251 e. The van der Waals surface area contributed by atoms with Crippen LogP contribution < -0.4 is 16.2 Å². The van der Waals surface area contributed by atoms with E-state index in [9.17, 15) is 9.59 Å². The highest BCUT2D eigenvalue weighted by Gasteiger charge is 2.35. The lowest BCUT2D eigenvalue weighted by Gasteiger charge is -2.43. The van der Waals surface area contributed by atoms with E-state index in [1.54, 1.807) is 24.3 Å². The number of piperidine rings is 1. The number of carbonyl (C=O) groups is 1. The van der Waals surface area contributed by atoms with Crippen LogP contribution in [0.15, 0.2) is 71.5 Å². The highest BCUT2D eigenvalue weighted by molar-refractivity contribution is 7.80. The van der Waals surface area contributed by atoms with Crippen molar-refractivity contribution in [3.8, 4) is 0 Å². The van der Waals surface area contributed by atoms with Gasteiger partial charge in [-0.15, -0.1) is 0 Å². The Labute approximate surface area is 208 Å². The number of fused-ring (bicyclic) bond motifs is 4. The zero-order valence-corrected chi connectivity index (χ0v) is 20.1. The first kappa shape index (κ1) is 22.6. The maximum atomic E-state index is 12.5. The largest absolute Gasteiger partial charge is 0.348 e. The van der Waals surface area contributed by atoms with Gasteiger partial charge in [-0.3, -0.25) is 9.59 Å². The minimum atomic E-state index is -0.160. The van der Waals surface area contributed by atoms with Gasteiger partial charge in [0.05, 0.1) is 0 Å². The summed E-state index contributed by atoms with van der Waals surface area (Å²) < 4.78 is 1.92. The lowest BCUT2D eigenvalue weighted by atomic mass is 9.83. The first-order valence-corrected chi connectivity index (χ1v) is 12.1. The van der Waals surface area contributed by atoms with Gasteiger partial charge in [-0.1, -0.05) is 35.9 Å². The van der Waals surface area contributed by atoms with Gasteiger partial charge in [0.25, 0.3) is 11.5 Å². The minimum Gasteiger partial charge on any atom is -0.348 e. The summed E-state index contributed by atoms with van der Waals surface area (Å²) in [6.45, 7) is 2.72. The molecule has 1 amide bonds. The van der Waals surface area contributed by atoms with Crippen molar-refractivity contribution in [3.63, 3.8) is 0 Å². The summed E-state index contributed by atoms with van der Waals surface area (Å²) >= 11 is 11.9. The van der Waals surface area contributed by atoms with Crippen LogP contribution in [0.1, 0.15) is 34.0 Å². The molecule has 0 saturated carbocycles. The molecule has 2 bridgehead atoms. The number of hydrogen-bond donors (Lipinski definition) is 2. The molecule has 0 unspecified atom stereocenters. The van der Waals surface area contributed by atoms with E-state index in [0.29, 0.717) is 34.1 Å². The molecular formula is C26H25ClN4O2S. The second kappa shape index (κ2) is 9.60. The fourth-order valence-electron chi connectivity index (χ4n) is 4.89. The normalized spacial score (nSPS) is 18.7. The molecule has 3 aromatic rings. The zero-order valence-electron chi connectivity index (χ0n) is 18.5. The number of likely N-dealkylation sites (tertiary alicyclic amines) is 1. The quantitative estimate of drug-likeness (QED) is 0.533. The van der Waals surface area contributed by atoms with Gasteiger partial charge in [0.1, 0.15) is 0 Å². The monoisotopic (exact) mass is 492 g/mol. The average molecular weight is 493 g/mol. The summed E-state index contributed by atoms with van der Waals surface area (Å²) in [6, 6.07) is 20.3. The van der Waals surface area contributed by atoms with Crippen molar-refractivity contribution < 1.29 is 4.79 Å². The summed E-state index contributed by atoms with van der Waals surface area (Å²) in [4.78, 5) is 26.9. The molecule has 2 aliphatic rings. The highest BCUT2D eigenvalue weighted by Crippen LogP contribution is 2.35. The third-order valence-electron chi connectivity index (χ3n) is 6.56. The van der Waals surface area contributed by atoms with E-state index in [1.807, 2.05) is 41.0 Å². The van der Waals surface area contributed by atoms with Gasteiger partial charge >= 0.3 is 0 Å². The molecule has 2 N–H and O–H groups in total. The third kappa shape index (κ3) is 4.72. The molecule has 1 fully saturated rings. The summed E-state index contributed by atoms with van der Waals surface area (Å²) in [5.41, 5.74) is 3.46. The molecular weight excluding hydrogens is 468 g/mol. The van der Waals surface area contributed by atoms with Gasteiger partial charge in [-0.05, 0) is 66.5 Å². The SMILES string of the molecule is O=C(NCc1ccccc1Cl)c1ccc(NC(=S)N2C[C@H]3C[C@@H](C2)c2cccc(=O)n2C3)cc1. The number of halogens is 1. The van der Waals surface area contributed by atoms with Crippen LogP contribution in [-0.4, -0.2) is 33.6 Å². The van der Waals surface area contributed by atoms with E-state index in [2.05, 4.69) is 21.6 Å². The second-order valence-corrected chi connectivity index (χ2v) is 9.68. The number of aromatic nitrogens is 1. The van der Waals surface area contributed by atoms with Gasteiger partial charge in [0, 0.05) is 60.1 Å². The molecule has 174 valence electrons. The fourth-order valence-corrected chi connectivity index (χ4v) is 5.36. The number of pyridine rings is 1. The second-order valence-electron chi connectivity index (χ2n) is 8.88. The van der Waals surface area contributed by atoms with Gasteiger partial charge in [0.2, 0.25) is 0 Å². The smallest absolute Gasteiger partial charge is 0.251 e. The Hall–Kier alpha value is -3.16. The van der Waals surface area contributed by atoms with Crippen molar-refractivity contribution in [2.24, 2.45) is 5.92 Å². The molecule has 0 aliphatic carbocycles. The number of rotatable bonds is 4. The Kier molecular flexibility index (Phi) is 6.39. The number of thiocarbonyl (C=S) groups is 1. The molecule has 0 spiro atoms. The van der Waals surface area contributed by atoms with E-state index in [0.717, 1.165) is 43.0 Å². The predicted molar refractivity (Wildman–Crippen MR) is 138 cm³/mol. The van der Waals surface area contributed by atoms with E-state index in [-0.39, 0.29) is 11.5 Å². The first-order valence-electron chi connectivity index (χ1n) is 11.4. The predicted octanol–water partition coefficient (Wildman–Crippen LogP) is 4.25. The van der Waals surface area contributed by atoms with Crippen molar-refractivity contribution in [1.29, 1.82) is 0 Å². The minimum absolute atomic E-state index is 0.0809. The Morgan fingerprint density at radius 2 is 1.79 bits per heavy atom. The molecule has 5 rings (SSSR count). The Bertz CT molecular complexity index is 1290. The fraction of sp³-hybridized carbons (Fsp3) is 0.269. The average Bonchev–Trinajstić information content (AvgIpc) is 2.84. The Balaban J connectivity index is 1.19. The van der Waals surface area contributed by atoms with Gasteiger partial charge in [-0.25, -0.2) is 0 Å². The number of nitrogens with one attached hydrogen (secondary N) is 2. The molecule has 2 aliphatic heterocycles. The summed E-state index contributed by atoms with van der Waals surface area (Å²) in [5.74, 6) is 0.535. The van der Waals surface area contributed by atoms with Crippen LogP contribution in [0.25, 0.3) is 0 Å². The highest BCUT2D eigenvalue weighted by atomic mass is 35.5. The Morgan fingerprint density at radius 3 is 2.59 bits per heavy atom. The van der Waals surface area contributed by atoms with Gasteiger partial charge < -0.3 is 20.1 Å². The topological polar surface area (TPSA) is 66.4 Å². The zero-order chi connectivity index (χ0) is 23.7. The summed E-state index contributed by atoms with van der Waals surface area (Å²) in [6.07, 6.45) is 1.08. The number of carbonyl (C=O) groups excluding carboxylic acids is 1. The van der Waals surface area contributed by atoms with Gasteiger partial charge in [-0.2, -0.15) is 0 Å². The van der Waals surface area contributed by atoms with Gasteiger partial charge in [0.15, 0.2) is 5.11 Å². The van der Waals surface area contributed by atoms with Crippen LogP contribution in [-0.2, 0) is 13.1 Å². The van der Waals surface area contributed by atoms with Crippen LogP contribution in [0.4, 0.5) is 5.69 Å². The lowest BCUT2D eigenvalue weighted by molar-refractivity contribution is 0.0951. The molecule has 1 aromatic heterocycles. The van der Waals surface area contributed by atoms with Crippen molar-refractivity contribution in [2.45, 2.75) is 25.4 Å². The third-order valence-corrected chi connectivity index (χ3v) is 7.29. The van der Waals surface area contributed by atoms with E-state index in [1.165, 1.54) is 0 Å². The van der Waals surface area contributed by atoms with E-state index >= 15 is 0 Å². The van der Waals surface area contributed by atoms with Crippen molar-refractivity contribution in [3.05, 3.63) is 98.9 Å². The van der Waals surface area contributed by atoms with Crippen LogP contribution in [0.5, 0.6) is 0 Å². The molecule has 34 heavy (non-hydrogen) atoms. The molecule has 2 atom stereocenters. The number of anilines is 1. The van der Waals surface area contributed by atoms with Crippen LogP contribution >= 0.6 is 23.8 Å². The van der Waals surface area contributed by atoms with Crippen molar-refractivity contribution >= 4 is 40.5 Å². The summed E-state index contributed by atoms with van der Waals surface area (Å²) in [7, 11) is 0. The standard InChI is InChI=1S/C26H25ClN4O2S/c27-22-5-2-1-4-19(22)13-28-25(33)18-8-10-21(11-9-18)29-26(34)30-14-17-12-20(16-30)23-6-3-7-24(32)31(23)15-17/h1-11,17,20H,12-16H2,(H,28,33)(H,29,34)/t17-,20+/m1/s1. The molecule has 8 heteroatoms. The van der Waals surface area contributed by atoms with Crippen molar-refractivity contribution in [1.82, 2.24) is 14.8 Å². The van der Waals surface area contributed by atoms with Crippen LogP contribution in [0.2, 0.25) is 5.02 Å². The van der Waals surface area contributed by atoms with E-state index < -0.39 is 0 Å². The number of hydrogen-bond acceptors (Lipinski definition) is 3. The molecule has 6 nitrogen and oxygen atoms in total. The first-order chi connectivity index (χ1) is 16.5. The lowest BCUT2D eigenvalue weighted by Crippen LogP contribution is -2.50. The molecule has 3 heterocycles. The van der Waals surface area contributed by atoms with E-state index in [4.69, 9.17) is 23.8 Å². The molecule has 1 saturated heterocycles.